The van der Waals surface area contributed by atoms with Crippen molar-refractivity contribution in [3.05, 3.63) is 58.8 Å². The molecule has 1 N–H and O–H groups in total. The van der Waals surface area contributed by atoms with Gasteiger partial charge in [-0.3, -0.25) is 9.59 Å². The number of likely N-dealkylation sites (N-methyl/N-ethyl adjacent to an activating group) is 1. The quantitative estimate of drug-likeness (QED) is 0.698. The predicted molar refractivity (Wildman–Crippen MR) is 122 cm³/mol. The van der Waals surface area contributed by atoms with Gasteiger partial charge in [-0.05, 0) is 67.6 Å². The first-order valence-corrected chi connectivity index (χ1v) is 11.4. The molecule has 164 valence electrons. The summed E-state index contributed by atoms with van der Waals surface area (Å²) in [5.74, 6) is 0.913. The number of benzene rings is 1. The van der Waals surface area contributed by atoms with Gasteiger partial charge >= 0.3 is 0 Å². The van der Waals surface area contributed by atoms with Crippen molar-refractivity contribution >= 4 is 17.5 Å². The molecule has 1 aromatic heterocycles. The number of anilines is 1. The minimum Gasteiger partial charge on any atom is -0.354 e. The molecule has 0 saturated carbocycles. The van der Waals surface area contributed by atoms with E-state index >= 15 is 0 Å². The number of aromatic nitrogens is 1. The molecule has 1 aliphatic carbocycles. The Labute approximate surface area is 184 Å². The molecule has 2 aromatic rings. The van der Waals surface area contributed by atoms with E-state index in [-0.39, 0.29) is 24.5 Å². The summed E-state index contributed by atoms with van der Waals surface area (Å²) in [5, 5.41) is 2.95. The van der Waals surface area contributed by atoms with E-state index in [2.05, 4.69) is 33.2 Å². The Kier molecular flexibility index (Phi) is 6.97. The van der Waals surface area contributed by atoms with Crippen LogP contribution in [0.2, 0.25) is 0 Å². The molecule has 1 saturated heterocycles. The van der Waals surface area contributed by atoms with Gasteiger partial charge in [-0.15, -0.1) is 0 Å². The van der Waals surface area contributed by atoms with Crippen LogP contribution in [0.25, 0.3) is 0 Å². The van der Waals surface area contributed by atoms with Crippen molar-refractivity contribution < 1.29 is 9.59 Å². The lowest BCUT2D eigenvalue weighted by Crippen LogP contribution is -2.44. The summed E-state index contributed by atoms with van der Waals surface area (Å²) in [6.45, 7) is 4.44. The molecular formula is C25H32N4O2. The average molecular weight is 421 g/mol. The molecule has 6 nitrogen and oxygen atoms in total. The number of Topliss-reactive ketones (excluding diaryl/α,β-unsaturated/α-hetero) is 1. The standard InChI is InChI=1S/C25H32N4O2/c1-28-12-14-29(15-13-28)24-16-19(10-11-26-24)18-27-25(31)9-8-23(30)22-7-6-20-4-2-3-5-21(20)17-22/h6-7,10-11,16-17H,2-5,8-9,12-15,18H2,1H3,(H,27,31). The van der Waals surface area contributed by atoms with Crippen LogP contribution in [0, 0.1) is 0 Å². The molecule has 0 spiro atoms. The first-order chi connectivity index (χ1) is 15.1. The Morgan fingerprint density at radius 1 is 0.968 bits per heavy atom. The third kappa shape index (κ3) is 5.70. The van der Waals surface area contributed by atoms with E-state index in [9.17, 15) is 9.59 Å². The molecule has 2 heterocycles. The van der Waals surface area contributed by atoms with Gasteiger partial charge in [0.05, 0.1) is 0 Å². The fourth-order valence-electron chi connectivity index (χ4n) is 4.35. The topological polar surface area (TPSA) is 65.5 Å². The van der Waals surface area contributed by atoms with Crippen molar-refractivity contribution in [2.45, 2.75) is 45.1 Å². The first kappa shape index (κ1) is 21.5. The van der Waals surface area contributed by atoms with Crippen molar-refractivity contribution in [2.75, 3.05) is 38.1 Å². The van der Waals surface area contributed by atoms with Crippen LogP contribution < -0.4 is 10.2 Å². The van der Waals surface area contributed by atoms with Gasteiger partial charge in [-0.25, -0.2) is 4.98 Å². The maximum atomic E-state index is 12.6. The van der Waals surface area contributed by atoms with E-state index in [0.717, 1.165) is 56.0 Å². The van der Waals surface area contributed by atoms with Gasteiger partial charge in [-0.1, -0.05) is 12.1 Å². The predicted octanol–water partition coefficient (Wildman–Crippen LogP) is 2.99. The highest BCUT2D eigenvalue weighted by atomic mass is 16.2. The summed E-state index contributed by atoms with van der Waals surface area (Å²) < 4.78 is 0. The molecule has 0 unspecified atom stereocenters. The number of pyridine rings is 1. The van der Waals surface area contributed by atoms with Gasteiger partial charge in [0.25, 0.3) is 0 Å². The normalized spacial score (nSPS) is 16.6. The second-order valence-electron chi connectivity index (χ2n) is 8.70. The Hall–Kier alpha value is -2.73. The summed E-state index contributed by atoms with van der Waals surface area (Å²) in [4.78, 5) is 33.9. The fourth-order valence-corrected chi connectivity index (χ4v) is 4.35. The molecule has 2 aliphatic rings. The average Bonchev–Trinajstić information content (AvgIpc) is 2.81. The number of nitrogens with one attached hydrogen (secondary N) is 1. The third-order valence-electron chi connectivity index (χ3n) is 6.38. The summed E-state index contributed by atoms with van der Waals surface area (Å²) in [6, 6.07) is 10.0. The number of rotatable bonds is 7. The van der Waals surface area contributed by atoms with Crippen LogP contribution in [0.15, 0.2) is 36.5 Å². The van der Waals surface area contributed by atoms with Crippen molar-refractivity contribution in [1.82, 2.24) is 15.2 Å². The number of carbonyl (C=O) groups is 2. The maximum absolute atomic E-state index is 12.6. The van der Waals surface area contributed by atoms with Crippen molar-refractivity contribution in [3.8, 4) is 0 Å². The number of nitrogens with zero attached hydrogens (tertiary/aromatic N) is 3. The van der Waals surface area contributed by atoms with Crippen LogP contribution >= 0.6 is 0 Å². The Balaban J connectivity index is 1.25. The van der Waals surface area contributed by atoms with E-state index in [4.69, 9.17) is 0 Å². The molecule has 6 heteroatoms. The van der Waals surface area contributed by atoms with Crippen LogP contribution in [0.4, 0.5) is 5.82 Å². The van der Waals surface area contributed by atoms with Crippen LogP contribution in [-0.2, 0) is 24.2 Å². The zero-order valence-electron chi connectivity index (χ0n) is 18.4. The van der Waals surface area contributed by atoms with Gasteiger partial charge in [-0.2, -0.15) is 0 Å². The number of amides is 1. The minimum absolute atomic E-state index is 0.0461. The molecular weight excluding hydrogens is 388 g/mol. The third-order valence-corrected chi connectivity index (χ3v) is 6.38. The van der Waals surface area contributed by atoms with Crippen molar-refractivity contribution in [2.24, 2.45) is 0 Å². The number of piperazine rings is 1. The second kappa shape index (κ2) is 10.1. The van der Waals surface area contributed by atoms with Crippen molar-refractivity contribution in [3.63, 3.8) is 0 Å². The highest BCUT2D eigenvalue weighted by molar-refractivity contribution is 5.98. The molecule has 4 rings (SSSR count). The number of hydrogen-bond acceptors (Lipinski definition) is 5. The van der Waals surface area contributed by atoms with Gasteiger partial charge in [0.1, 0.15) is 5.82 Å². The lowest BCUT2D eigenvalue weighted by molar-refractivity contribution is -0.121. The Morgan fingerprint density at radius 2 is 1.74 bits per heavy atom. The number of ketones is 1. The molecule has 0 radical (unpaired) electrons. The van der Waals surface area contributed by atoms with E-state index < -0.39 is 0 Å². The van der Waals surface area contributed by atoms with Crippen LogP contribution in [0.1, 0.15) is 52.7 Å². The summed E-state index contributed by atoms with van der Waals surface area (Å²) >= 11 is 0. The molecule has 31 heavy (non-hydrogen) atoms. The molecule has 1 aromatic carbocycles. The van der Waals surface area contributed by atoms with Gasteiger partial charge in [0.2, 0.25) is 5.91 Å². The van der Waals surface area contributed by atoms with E-state index in [0.29, 0.717) is 6.54 Å². The molecule has 0 atom stereocenters. The highest BCUT2D eigenvalue weighted by Crippen LogP contribution is 2.23. The van der Waals surface area contributed by atoms with Crippen molar-refractivity contribution in [1.29, 1.82) is 0 Å². The molecule has 0 bridgehead atoms. The lowest BCUT2D eigenvalue weighted by atomic mass is 9.89. The molecule has 1 aliphatic heterocycles. The van der Waals surface area contributed by atoms with E-state index in [1.807, 2.05) is 24.3 Å². The van der Waals surface area contributed by atoms with E-state index in [1.165, 1.54) is 24.0 Å². The summed E-state index contributed by atoms with van der Waals surface area (Å²) in [5.41, 5.74) is 4.43. The monoisotopic (exact) mass is 420 g/mol. The largest absolute Gasteiger partial charge is 0.354 e. The number of fused-ring (bicyclic) bond motifs is 1. The van der Waals surface area contributed by atoms with E-state index in [1.54, 1.807) is 6.20 Å². The lowest BCUT2D eigenvalue weighted by Gasteiger charge is -2.33. The van der Waals surface area contributed by atoms with Crippen LogP contribution in [0.3, 0.4) is 0 Å². The minimum atomic E-state index is -0.0933. The fraction of sp³-hybridized carbons (Fsp3) is 0.480. The van der Waals surface area contributed by atoms with Crippen LogP contribution in [-0.4, -0.2) is 54.8 Å². The second-order valence-corrected chi connectivity index (χ2v) is 8.70. The van der Waals surface area contributed by atoms with Gasteiger partial charge < -0.3 is 15.1 Å². The Morgan fingerprint density at radius 3 is 2.55 bits per heavy atom. The smallest absolute Gasteiger partial charge is 0.220 e. The number of hydrogen-bond donors (Lipinski definition) is 1. The van der Waals surface area contributed by atoms with Gasteiger partial charge in [0.15, 0.2) is 5.78 Å². The van der Waals surface area contributed by atoms with Crippen LogP contribution in [0.5, 0.6) is 0 Å². The summed E-state index contributed by atoms with van der Waals surface area (Å²) in [7, 11) is 2.13. The zero-order chi connectivity index (χ0) is 21.6. The summed E-state index contributed by atoms with van der Waals surface area (Å²) in [6.07, 6.45) is 6.85. The SMILES string of the molecule is CN1CCN(c2cc(CNC(=O)CCC(=O)c3ccc4c(c3)CCCC4)ccn2)CC1. The van der Waals surface area contributed by atoms with Gasteiger partial charge in [0, 0.05) is 57.3 Å². The molecule has 1 fully saturated rings. The highest BCUT2D eigenvalue weighted by Gasteiger charge is 2.16. The zero-order valence-corrected chi connectivity index (χ0v) is 18.4. The number of carbonyl (C=O) groups excluding carboxylic acids is 2. The maximum Gasteiger partial charge on any atom is 0.220 e. The Bertz CT molecular complexity index is 935. The first-order valence-electron chi connectivity index (χ1n) is 11.4. The number of aryl methyl sites for hydroxylation is 2. The molecule has 1 amide bonds.